The highest BCUT2D eigenvalue weighted by molar-refractivity contribution is 5.68. The molecule has 0 atom stereocenters. The number of amides is 1. The Labute approximate surface area is 175 Å². The lowest BCUT2D eigenvalue weighted by Crippen LogP contribution is -2.40. The summed E-state index contributed by atoms with van der Waals surface area (Å²) in [5.74, 6) is 0.504. The van der Waals surface area contributed by atoms with Gasteiger partial charge in [-0.15, -0.1) is 5.10 Å². The van der Waals surface area contributed by atoms with Gasteiger partial charge < -0.3 is 15.0 Å². The average Bonchev–Trinajstić information content (AvgIpc) is 3.21. The molecule has 1 aromatic carbocycles. The third-order valence-electron chi connectivity index (χ3n) is 4.62. The predicted octanol–water partition coefficient (Wildman–Crippen LogP) is 3.15. The van der Waals surface area contributed by atoms with Crippen molar-refractivity contribution in [3.8, 4) is 0 Å². The van der Waals surface area contributed by atoms with Gasteiger partial charge in [0.25, 0.3) is 0 Å². The smallest absolute Gasteiger partial charge is 0.410 e. The lowest BCUT2D eigenvalue weighted by atomic mass is 10.1. The SMILES string of the molecule is CC(C)(C)OC(=O)N1CCc2cnc(Nc3ccc(Cn4ccnn4)cc3)nc2C1. The highest BCUT2D eigenvalue weighted by atomic mass is 16.6. The standard InChI is InChI=1S/C21H25N7O2/c1-21(2,3)30-20(29)27-10-8-16-12-22-19(25-18(16)14-27)24-17-6-4-15(5-7-17)13-28-11-9-23-26-28/h4-7,9,11-12H,8,10,13-14H2,1-3H3,(H,22,24,25). The molecule has 3 aromatic rings. The van der Waals surface area contributed by atoms with Crippen LogP contribution in [0.5, 0.6) is 0 Å². The van der Waals surface area contributed by atoms with Crippen molar-refractivity contribution in [1.82, 2.24) is 29.9 Å². The quantitative estimate of drug-likeness (QED) is 0.709. The van der Waals surface area contributed by atoms with Crippen LogP contribution >= 0.6 is 0 Å². The van der Waals surface area contributed by atoms with Crippen LogP contribution in [-0.2, 0) is 24.2 Å². The summed E-state index contributed by atoms with van der Waals surface area (Å²) in [6.07, 6.45) is 5.72. The van der Waals surface area contributed by atoms with E-state index in [4.69, 9.17) is 4.74 Å². The number of hydrogen-bond donors (Lipinski definition) is 1. The fourth-order valence-corrected chi connectivity index (χ4v) is 3.17. The highest BCUT2D eigenvalue weighted by Crippen LogP contribution is 2.22. The fraction of sp³-hybridized carbons (Fsp3) is 0.381. The minimum absolute atomic E-state index is 0.316. The molecule has 2 aromatic heterocycles. The highest BCUT2D eigenvalue weighted by Gasteiger charge is 2.26. The summed E-state index contributed by atoms with van der Waals surface area (Å²) in [4.78, 5) is 23.1. The first kappa shape index (κ1) is 19.8. The van der Waals surface area contributed by atoms with Crippen molar-refractivity contribution in [2.24, 2.45) is 0 Å². The molecule has 1 N–H and O–H groups in total. The van der Waals surface area contributed by atoms with Crippen LogP contribution in [0.25, 0.3) is 0 Å². The summed E-state index contributed by atoms with van der Waals surface area (Å²) in [6, 6.07) is 7.99. The van der Waals surface area contributed by atoms with E-state index in [0.29, 0.717) is 32.0 Å². The molecule has 0 saturated heterocycles. The molecule has 1 amide bonds. The number of nitrogens with zero attached hydrogens (tertiary/aromatic N) is 6. The molecular weight excluding hydrogens is 382 g/mol. The molecule has 0 fully saturated rings. The lowest BCUT2D eigenvalue weighted by Gasteiger charge is -2.30. The van der Waals surface area contributed by atoms with Gasteiger partial charge in [0.05, 0.1) is 25.0 Å². The lowest BCUT2D eigenvalue weighted by molar-refractivity contribution is 0.0220. The Kier molecular flexibility index (Phi) is 5.35. The maximum atomic E-state index is 12.4. The third-order valence-corrected chi connectivity index (χ3v) is 4.62. The number of nitrogens with one attached hydrogen (secondary N) is 1. The Morgan fingerprint density at radius 2 is 2.03 bits per heavy atom. The van der Waals surface area contributed by atoms with E-state index in [-0.39, 0.29) is 6.09 Å². The van der Waals surface area contributed by atoms with Crippen molar-refractivity contribution < 1.29 is 9.53 Å². The normalized spacial score (nSPS) is 13.6. The molecule has 0 aliphatic carbocycles. The predicted molar refractivity (Wildman–Crippen MR) is 111 cm³/mol. The first-order valence-corrected chi connectivity index (χ1v) is 9.88. The van der Waals surface area contributed by atoms with Gasteiger partial charge >= 0.3 is 6.09 Å². The molecule has 1 aliphatic rings. The Morgan fingerprint density at radius 1 is 1.23 bits per heavy atom. The minimum atomic E-state index is -0.518. The number of hydrogen-bond acceptors (Lipinski definition) is 7. The first-order valence-electron chi connectivity index (χ1n) is 9.88. The molecule has 9 nitrogen and oxygen atoms in total. The number of carbonyl (C=O) groups excluding carboxylic acids is 1. The summed E-state index contributed by atoms with van der Waals surface area (Å²) < 4.78 is 7.25. The van der Waals surface area contributed by atoms with Crippen LogP contribution < -0.4 is 5.32 Å². The topological polar surface area (TPSA) is 98.1 Å². The van der Waals surface area contributed by atoms with E-state index in [2.05, 4.69) is 25.6 Å². The molecule has 3 heterocycles. The maximum Gasteiger partial charge on any atom is 0.410 e. The van der Waals surface area contributed by atoms with Gasteiger partial charge in [0.1, 0.15) is 5.60 Å². The summed E-state index contributed by atoms with van der Waals surface area (Å²) in [5.41, 5.74) is 3.38. The number of ether oxygens (including phenoxy) is 1. The van der Waals surface area contributed by atoms with Gasteiger partial charge in [-0.2, -0.15) is 0 Å². The number of fused-ring (bicyclic) bond motifs is 1. The second-order valence-electron chi connectivity index (χ2n) is 8.24. The zero-order valence-corrected chi connectivity index (χ0v) is 17.4. The molecule has 4 rings (SSSR count). The molecular formula is C21H25N7O2. The molecule has 0 bridgehead atoms. The van der Waals surface area contributed by atoms with Crippen LogP contribution in [0.2, 0.25) is 0 Å². The van der Waals surface area contributed by atoms with E-state index in [0.717, 1.165) is 22.5 Å². The van der Waals surface area contributed by atoms with E-state index in [9.17, 15) is 4.79 Å². The number of rotatable bonds is 4. The van der Waals surface area contributed by atoms with Gasteiger partial charge in [-0.1, -0.05) is 17.3 Å². The van der Waals surface area contributed by atoms with Crippen molar-refractivity contribution in [2.75, 3.05) is 11.9 Å². The van der Waals surface area contributed by atoms with Gasteiger partial charge in [0, 0.05) is 24.6 Å². The van der Waals surface area contributed by atoms with Crippen molar-refractivity contribution in [1.29, 1.82) is 0 Å². The number of anilines is 2. The fourth-order valence-electron chi connectivity index (χ4n) is 3.17. The van der Waals surface area contributed by atoms with E-state index in [1.807, 2.05) is 57.4 Å². The van der Waals surface area contributed by atoms with Crippen LogP contribution in [0.1, 0.15) is 37.6 Å². The van der Waals surface area contributed by atoms with Crippen LogP contribution in [0.15, 0.2) is 42.9 Å². The summed E-state index contributed by atoms with van der Waals surface area (Å²) >= 11 is 0. The van der Waals surface area contributed by atoms with Gasteiger partial charge in [-0.3, -0.25) is 0 Å². The van der Waals surface area contributed by atoms with Crippen molar-refractivity contribution in [2.45, 2.75) is 45.9 Å². The molecule has 0 spiro atoms. The monoisotopic (exact) mass is 407 g/mol. The second kappa shape index (κ2) is 8.10. The Morgan fingerprint density at radius 3 is 2.73 bits per heavy atom. The number of benzene rings is 1. The van der Waals surface area contributed by atoms with E-state index in [1.165, 1.54) is 0 Å². The Balaban J connectivity index is 1.42. The average molecular weight is 407 g/mol. The van der Waals surface area contributed by atoms with Gasteiger partial charge in [0.2, 0.25) is 5.95 Å². The van der Waals surface area contributed by atoms with E-state index >= 15 is 0 Å². The van der Waals surface area contributed by atoms with Crippen LogP contribution in [0, 0.1) is 0 Å². The first-order chi connectivity index (χ1) is 14.4. The molecule has 0 saturated carbocycles. The van der Waals surface area contributed by atoms with Crippen LogP contribution in [0.4, 0.5) is 16.4 Å². The van der Waals surface area contributed by atoms with Crippen molar-refractivity contribution in [3.05, 3.63) is 59.7 Å². The maximum absolute atomic E-state index is 12.4. The van der Waals surface area contributed by atoms with Crippen molar-refractivity contribution >= 4 is 17.7 Å². The van der Waals surface area contributed by atoms with Crippen LogP contribution in [-0.4, -0.2) is 48.1 Å². The summed E-state index contributed by atoms with van der Waals surface area (Å²) in [6.45, 7) is 7.28. The zero-order chi connectivity index (χ0) is 21.1. The zero-order valence-electron chi connectivity index (χ0n) is 17.4. The van der Waals surface area contributed by atoms with Gasteiger partial charge in [-0.25, -0.2) is 19.4 Å². The third kappa shape index (κ3) is 4.91. The van der Waals surface area contributed by atoms with Crippen LogP contribution in [0.3, 0.4) is 0 Å². The van der Waals surface area contributed by atoms with Gasteiger partial charge in [0.15, 0.2) is 0 Å². The van der Waals surface area contributed by atoms with Gasteiger partial charge in [-0.05, 0) is 50.5 Å². The molecule has 1 aliphatic heterocycles. The second-order valence-corrected chi connectivity index (χ2v) is 8.24. The molecule has 9 heteroatoms. The molecule has 0 unspecified atom stereocenters. The molecule has 30 heavy (non-hydrogen) atoms. The number of carbonyl (C=O) groups is 1. The van der Waals surface area contributed by atoms with Crippen molar-refractivity contribution in [3.63, 3.8) is 0 Å². The summed E-state index contributed by atoms with van der Waals surface area (Å²) in [5, 5.41) is 11.0. The van der Waals surface area contributed by atoms with E-state index < -0.39 is 5.60 Å². The Hall–Kier alpha value is -3.49. The summed E-state index contributed by atoms with van der Waals surface area (Å²) in [7, 11) is 0. The molecule has 156 valence electrons. The largest absolute Gasteiger partial charge is 0.444 e. The van der Waals surface area contributed by atoms with E-state index in [1.54, 1.807) is 15.8 Å². The number of aromatic nitrogens is 5. The Bertz CT molecular complexity index is 1010. The molecule has 0 radical (unpaired) electrons. The minimum Gasteiger partial charge on any atom is -0.444 e.